The Morgan fingerprint density at radius 1 is 1.03 bits per heavy atom. The first-order valence-corrected chi connectivity index (χ1v) is 16.4. The summed E-state index contributed by atoms with van der Waals surface area (Å²) >= 11 is 6.84. The molecule has 1 aromatic heterocycles. The summed E-state index contributed by atoms with van der Waals surface area (Å²) in [6.45, 7) is 16.9. The minimum absolute atomic E-state index is 0.0649. The molecule has 0 radical (unpaired) electrons. The Bertz CT molecular complexity index is 1040. The van der Waals surface area contributed by atoms with Crippen molar-refractivity contribution in [1.29, 1.82) is 0 Å². The predicted molar refractivity (Wildman–Crippen MR) is 135 cm³/mol. The van der Waals surface area contributed by atoms with Crippen molar-refractivity contribution in [2.45, 2.75) is 101 Å². The van der Waals surface area contributed by atoms with Crippen LogP contribution in [0.4, 0.5) is 0 Å². The van der Waals surface area contributed by atoms with E-state index in [1.54, 1.807) is 0 Å². The number of aromatic nitrogens is 2. The number of rotatable bonds is 6. The third-order valence-corrected chi connectivity index (χ3v) is 17.7. The highest BCUT2D eigenvalue weighted by Gasteiger charge is 2.61. The van der Waals surface area contributed by atoms with Gasteiger partial charge in [0.25, 0.3) is 0 Å². The van der Waals surface area contributed by atoms with Gasteiger partial charge in [-0.15, -0.1) is 11.6 Å². The molecule has 35 heavy (non-hydrogen) atoms. The van der Waals surface area contributed by atoms with E-state index in [4.69, 9.17) is 29.3 Å². The van der Waals surface area contributed by atoms with Gasteiger partial charge in [0.05, 0.1) is 12.7 Å². The topological polar surface area (TPSA) is 124 Å². The van der Waals surface area contributed by atoms with Crippen molar-refractivity contribution < 1.29 is 22.7 Å². The molecule has 2 fully saturated rings. The van der Waals surface area contributed by atoms with Crippen molar-refractivity contribution in [3.8, 4) is 0 Å². The Morgan fingerprint density at radius 2 is 1.57 bits per heavy atom. The van der Waals surface area contributed by atoms with Crippen LogP contribution >= 0.6 is 11.6 Å². The van der Waals surface area contributed by atoms with Gasteiger partial charge in [-0.05, 0) is 22.2 Å². The van der Waals surface area contributed by atoms with E-state index in [1.807, 2.05) is 0 Å². The summed E-state index contributed by atoms with van der Waals surface area (Å²) in [5, 5.41) is 9.36. The van der Waals surface area contributed by atoms with Crippen LogP contribution in [0.25, 0.3) is 0 Å². The van der Waals surface area contributed by atoms with Gasteiger partial charge in [0, 0.05) is 16.9 Å². The first kappa shape index (κ1) is 28.2. The van der Waals surface area contributed by atoms with Crippen LogP contribution in [-0.2, 0) is 17.7 Å². The van der Waals surface area contributed by atoms with Gasteiger partial charge >= 0.3 is 28.4 Å². The minimum atomic E-state index is -2.97. The van der Waals surface area contributed by atoms with Gasteiger partial charge in [-0.3, -0.25) is 9.36 Å². The number of halogens is 1. The summed E-state index contributed by atoms with van der Waals surface area (Å²) in [6, 6.07) is 0.939. The molecule has 4 atom stereocenters. The molecule has 198 valence electrons. The van der Waals surface area contributed by atoms with Crippen LogP contribution in [-0.4, -0.2) is 55.6 Å². The third-order valence-electron chi connectivity index (χ3n) is 7.02. The van der Waals surface area contributed by atoms with Gasteiger partial charge in [-0.2, -0.15) is 0 Å². The van der Waals surface area contributed by atoms with Crippen molar-refractivity contribution in [1.82, 2.24) is 9.24 Å². The van der Waals surface area contributed by atoms with Crippen LogP contribution in [0.1, 0.15) is 61.6 Å². The Labute approximate surface area is 211 Å². The number of nitro groups is 1. The number of fused-ring (bicyclic) bond motifs is 1. The molecule has 0 unspecified atom stereocenters. The maximum Gasteiger partial charge on any atom is 0.394 e. The van der Waals surface area contributed by atoms with Crippen molar-refractivity contribution in [3.63, 3.8) is 0 Å². The van der Waals surface area contributed by atoms with Crippen LogP contribution in [0.3, 0.4) is 0 Å². The minimum Gasteiger partial charge on any atom is -0.414 e. The molecule has 2 saturated heterocycles. The van der Waals surface area contributed by atoms with E-state index in [0.717, 1.165) is 16.8 Å². The molecule has 1 aromatic rings. The molecule has 0 bridgehead atoms. The fourth-order valence-electron chi connectivity index (χ4n) is 5.16. The van der Waals surface area contributed by atoms with Crippen LogP contribution < -0.4 is 11.2 Å². The summed E-state index contributed by atoms with van der Waals surface area (Å²) < 4.78 is 27.7. The van der Waals surface area contributed by atoms with Gasteiger partial charge in [-0.25, -0.2) is 14.9 Å². The quantitative estimate of drug-likeness (QED) is 0.228. The normalized spacial score (nSPS) is 28.4. The zero-order chi connectivity index (χ0) is 26.5. The van der Waals surface area contributed by atoms with Gasteiger partial charge in [0.2, 0.25) is 0 Å². The standard InChI is InChI=1S/C21H36ClN3O8Si2/c1-12(2)34(13(3)4)30-11-16-19(32-35(33-34,14(5)6)15(7)8)18(22)20(31-16)23-10-9-17(26)24(21(23)27)25(28)29/h9-10,12-16,18-20H,11H2,1-8H3/t16-,18+,19-,20-/m1/s1. The highest BCUT2D eigenvalue weighted by molar-refractivity contribution is 6.84. The van der Waals surface area contributed by atoms with Crippen LogP contribution in [0, 0.1) is 10.1 Å². The molecule has 0 aliphatic carbocycles. The summed E-state index contributed by atoms with van der Waals surface area (Å²) in [5.41, 5.74) is -1.78. The molecule has 0 saturated carbocycles. The molecule has 0 aromatic carbocycles. The van der Waals surface area contributed by atoms with E-state index >= 15 is 0 Å². The lowest BCUT2D eigenvalue weighted by atomic mass is 10.2. The van der Waals surface area contributed by atoms with Gasteiger partial charge in [0.15, 0.2) is 11.3 Å². The van der Waals surface area contributed by atoms with Crippen LogP contribution in [0.15, 0.2) is 21.9 Å². The largest absolute Gasteiger partial charge is 0.414 e. The van der Waals surface area contributed by atoms with E-state index in [9.17, 15) is 19.7 Å². The molecular formula is C21H36ClN3O8Si2. The number of alkyl halides is 1. The molecule has 0 amide bonds. The second-order valence-electron chi connectivity index (χ2n) is 10.5. The molecule has 0 N–H and O–H groups in total. The van der Waals surface area contributed by atoms with E-state index in [1.165, 1.54) is 0 Å². The Hall–Kier alpha value is -1.36. The van der Waals surface area contributed by atoms with Crippen molar-refractivity contribution in [3.05, 3.63) is 43.2 Å². The second kappa shape index (κ2) is 10.2. The smallest absolute Gasteiger partial charge is 0.394 e. The maximum absolute atomic E-state index is 12.8. The molecule has 0 spiro atoms. The summed E-state index contributed by atoms with van der Waals surface area (Å²) in [7, 11) is -5.76. The summed E-state index contributed by atoms with van der Waals surface area (Å²) in [5.74, 6) is 0. The molecular weight excluding hydrogens is 514 g/mol. The van der Waals surface area contributed by atoms with Gasteiger partial charge < -0.3 is 17.7 Å². The summed E-state index contributed by atoms with van der Waals surface area (Å²) in [4.78, 5) is 36.0. The number of nitrogens with zero attached hydrogens (tertiary/aromatic N) is 3. The van der Waals surface area contributed by atoms with Gasteiger partial charge in [-0.1, -0.05) is 55.4 Å². The average molecular weight is 550 g/mol. The predicted octanol–water partition coefficient (Wildman–Crippen LogP) is 3.51. The SMILES string of the molecule is CC(C)[Si]1(C(C)C)OC[C@H]2O[C@@H](n3ccc(=O)n([N+](=O)[O-])c3=O)[C@@H](Cl)[C@@H]2O[Si](C(C)C)(C(C)C)O1. The monoisotopic (exact) mass is 549 g/mol. The fourth-order valence-corrected chi connectivity index (χ4v) is 16.9. The first-order chi connectivity index (χ1) is 16.2. The zero-order valence-electron chi connectivity index (χ0n) is 21.5. The van der Waals surface area contributed by atoms with E-state index < -0.39 is 57.2 Å². The van der Waals surface area contributed by atoms with Gasteiger partial charge in [0.1, 0.15) is 11.5 Å². The number of ether oxygens (including phenoxy) is 1. The molecule has 2 aliphatic rings. The lowest BCUT2D eigenvalue weighted by Crippen LogP contribution is -2.65. The Kier molecular flexibility index (Phi) is 8.21. The molecule has 3 rings (SSSR count). The lowest BCUT2D eigenvalue weighted by molar-refractivity contribution is -0.549. The molecule has 2 aliphatic heterocycles. The van der Waals surface area contributed by atoms with Crippen LogP contribution in [0.2, 0.25) is 22.2 Å². The second-order valence-corrected chi connectivity index (χ2v) is 19.8. The zero-order valence-corrected chi connectivity index (χ0v) is 24.2. The van der Waals surface area contributed by atoms with Crippen molar-refractivity contribution in [2.24, 2.45) is 0 Å². The fraction of sp³-hybridized carbons (Fsp3) is 0.810. The van der Waals surface area contributed by atoms with E-state index in [0.29, 0.717) is 0 Å². The molecule has 14 heteroatoms. The first-order valence-electron chi connectivity index (χ1n) is 12.0. The van der Waals surface area contributed by atoms with E-state index in [2.05, 4.69) is 55.4 Å². The number of hydrogen-bond donors (Lipinski definition) is 0. The summed E-state index contributed by atoms with van der Waals surface area (Å²) in [6.07, 6.45) is -1.22. The Morgan fingerprint density at radius 3 is 2.06 bits per heavy atom. The molecule has 11 nitrogen and oxygen atoms in total. The Balaban J connectivity index is 2.12. The van der Waals surface area contributed by atoms with E-state index in [-0.39, 0.29) is 33.4 Å². The molecule has 3 heterocycles. The average Bonchev–Trinajstić information content (AvgIpc) is 3.01. The highest BCUT2D eigenvalue weighted by Crippen LogP contribution is 2.48. The van der Waals surface area contributed by atoms with Crippen molar-refractivity contribution >= 4 is 28.7 Å². The number of hydrogen-bond acceptors (Lipinski definition) is 8. The maximum atomic E-state index is 12.8. The lowest BCUT2D eigenvalue weighted by Gasteiger charge is -2.51. The van der Waals surface area contributed by atoms with Crippen LogP contribution in [0.5, 0.6) is 0 Å². The highest BCUT2D eigenvalue weighted by atomic mass is 35.5. The third kappa shape index (κ3) is 4.71. The van der Waals surface area contributed by atoms with Crippen molar-refractivity contribution in [2.75, 3.05) is 6.61 Å².